The van der Waals surface area contributed by atoms with E-state index in [1.165, 1.54) is 12.8 Å². The van der Waals surface area contributed by atoms with E-state index in [9.17, 15) is 4.79 Å². The van der Waals surface area contributed by atoms with Crippen LogP contribution in [-0.4, -0.2) is 24.7 Å². The van der Waals surface area contributed by atoms with Crippen LogP contribution >= 0.6 is 0 Å². The molecule has 4 aliphatic rings. The van der Waals surface area contributed by atoms with Gasteiger partial charge in [-0.1, -0.05) is 18.2 Å². The summed E-state index contributed by atoms with van der Waals surface area (Å²) in [5, 5.41) is 0. The summed E-state index contributed by atoms with van der Waals surface area (Å²) in [7, 11) is 0. The van der Waals surface area contributed by atoms with Gasteiger partial charge in [-0.15, -0.1) is 0 Å². The monoisotopic (exact) mass is 255 g/mol. The SMILES string of the molecule is O=C1[C@@H]2[C@H](CN1c1ccccc1)[C@@H]1O[C@H]2[C@H]2CC[C@H]21. The summed E-state index contributed by atoms with van der Waals surface area (Å²) in [6.07, 6.45) is 3.18. The first kappa shape index (κ1) is 10.4. The van der Waals surface area contributed by atoms with E-state index in [0.29, 0.717) is 23.8 Å². The van der Waals surface area contributed by atoms with Crippen LogP contribution in [0, 0.1) is 23.7 Å². The van der Waals surface area contributed by atoms with Gasteiger partial charge in [0.1, 0.15) is 0 Å². The maximum Gasteiger partial charge on any atom is 0.233 e. The lowest BCUT2D eigenvalue weighted by atomic mass is 9.60. The van der Waals surface area contributed by atoms with Gasteiger partial charge in [0.25, 0.3) is 0 Å². The van der Waals surface area contributed by atoms with Gasteiger partial charge in [0.15, 0.2) is 0 Å². The highest BCUT2D eigenvalue weighted by atomic mass is 16.5. The van der Waals surface area contributed by atoms with Gasteiger partial charge in [0.2, 0.25) is 5.91 Å². The molecule has 0 N–H and O–H groups in total. The first-order valence-electron chi connectivity index (χ1n) is 7.36. The largest absolute Gasteiger partial charge is 0.373 e. The molecule has 3 heteroatoms. The van der Waals surface area contributed by atoms with Gasteiger partial charge in [0.05, 0.1) is 18.1 Å². The van der Waals surface area contributed by atoms with Gasteiger partial charge in [0, 0.05) is 18.2 Å². The van der Waals surface area contributed by atoms with Crippen LogP contribution in [0.1, 0.15) is 12.8 Å². The molecule has 1 aromatic rings. The molecule has 1 amide bonds. The molecule has 5 rings (SSSR count). The Balaban J connectivity index is 1.50. The Labute approximate surface area is 112 Å². The van der Waals surface area contributed by atoms with E-state index < -0.39 is 0 Å². The normalized spacial score (nSPS) is 46.1. The summed E-state index contributed by atoms with van der Waals surface area (Å²) in [6, 6.07) is 10.1. The molecule has 1 aromatic carbocycles. The minimum absolute atomic E-state index is 0.145. The number of carbonyl (C=O) groups is 1. The number of amides is 1. The topological polar surface area (TPSA) is 29.5 Å². The Morgan fingerprint density at radius 1 is 1.00 bits per heavy atom. The molecule has 2 bridgehead atoms. The summed E-state index contributed by atoms with van der Waals surface area (Å²) in [4.78, 5) is 14.7. The smallest absolute Gasteiger partial charge is 0.233 e. The number of para-hydroxylation sites is 1. The number of benzene rings is 1. The van der Waals surface area contributed by atoms with Crippen LogP contribution in [-0.2, 0) is 9.53 Å². The van der Waals surface area contributed by atoms with Crippen molar-refractivity contribution in [3.63, 3.8) is 0 Å². The number of carbonyl (C=O) groups excluding carboxylic acids is 1. The fourth-order valence-electron chi connectivity index (χ4n) is 4.83. The summed E-state index contributed by atoms with van der Waals surface area (Å²) in [6.45, 7) is 0.859. The fraction of sp³-hybridized carbons (Fsp3) is 0.562. The molecule has 0 radical (unpaired) electrons. The minimum atomic E-state index is 0.145. The van der Waals surface area contributed by atoms with Crippen LogP contribution < -0.4 is 4.90 Å². The molecule has 98 valence electrons. The third-order valence-electron chi connectivity index (χ3n) is 5.79. The molecule has 19 heavy (non-hydrogen) atoms. The summed E-state index contributed by atoms with van der Waals surface area (Å²) in [5.41, 5.74) is 1.05. The summed E-state index contributed by atoms with van der Waals surface area (Å²) in [5.74, 6) is 2.33. The van der Waals surface area contributed by atoms with Gasteiger partial charge in [-0.2, -0.15) is 0 Å². The van der Waals surface area contributed by atoms with Crippen LogP contribution in [0.15, 0.2) is 30.3 Å². The molecule has 3 heterocycles. The van der Waals surface area contributed by atoms with Crippen molar-refractivity contribution in [3.05, 3.63) is 30.3 Å². The molecule has 6 atom stereocenters. The molecule has 0 unspecified atom stereocenters. The van der Waals surface area contributed by atoms with E-state index in [1.54, 1.807) is 0 Å². The highest BCUT2D eigenvalue weighted by molar-refractivity contribution is 5.98. The lowest BCUT2D eigenvalue weighted by molar-refractivity contribution is -0.123. The molecule has 1 aliphatic carbocycles. The van der Waals surface area contributed by atoms with Crippen LogP contribution in [0.25, 0.3) is 0 Å². The van der Waals surface area contributed by atoms with Crippen LogP contribution in [0.4, 0.5) is 5.69 Å². The lowest BCUT2D eigenvalue weighted by Crippen LogP contribution is -2.45. The van der Waals surface area contributed by atoms with E-state index in [2.05, 4.69) is 0 Å². The van der Waals surface area contributed by atoms with Gasteiger partial charge in [-0.3, -0.25) is 4.79 Å². The molecule has 3 aliphatic heterocycles. The predicted octanol–water partition coefficient (Wildman–Crippen LogP) is 2.07. The maximum atomic E-state index is 12.7. The van der Waals surface area contributed by atoms with Crippen molar-refractivity contribution in [1.82, 2.24) is 0 Å². The molecule has 3 saturated heterocycles. The lowest BCUT2D eigenvalue weighted by Gasteiger charge is -2.40. The van der Waals surface area contributed by atoms with E-state index in [4.69, 9.17) is 4.74 Å². The Hall–Kier alpha value is -1.35. The molecular weight excluding hydrogens is 238 g/mol. The van der Waals surface area contributed by atoms with Crippen LogP contribution in [0.2, 0.25) is 0 Å². The zero-order chi connectivity index (χ0) is 12.6. The molecular formula is C16H17NO2. The third kappa shape index (κ3) is 1.15. The first-order chi connectivity index (χ1) is 9.34. The van der Waals surface area contributed by atoms with Gasteiger partial charge >= 0.3 is 0 Å². The molecule has 3 nitrogen and oxygen atoms in total. The van der Waals surface area contributed by atoms with Gasteiger partial charge in [-0.05, 0) is 36.8 Å². The van der Waals surface area contributed by atoms with E-state index in [-0.39, 0.29) is 12.0 Å². The van der Waals surface area contributed by atoms with Gasteiger partial charge in [-0.25, -0.2) is 0 Å². The predicted molar refractivity (Wildman–Crippen MR) is 70.7 cm³/mol. The molecule has 1 saturated carbocycles. The average molecular weight is 255 g/mol. The second-order valence-corrected chi connectivity index (χ2v) is 6.44. The Kier molecular flexibility index (Phi) is 1.87. The first-order valence-corrected chi connectivity index (χ1v) is 7.36. The Bertz CT molecular complexity index is 543. The highest BCUT2D eigenvalue weighted by Crippen LogP contribution is 2.60. The molecule has 0 spiro atoms. The standard InChI is InChI=1S/C16H17NO2/c18-16-13-12(8-17(16)9-4-2-1-3-5-9)14-10-6-7-11(10)15(13)19-14/h1-5,10-15H,6-8H2/t10-,11+,12+,13-,14-,15+/m1/s1. The van der Waals surface area contributed by atoms with E-state index in [1.807, 2.05) is 35.2 Å². The summed E-state index contributed by atoms with van der Waals surface area (Å²) < 4.78 is 6.13. The molecule has 4 fully saturated rings. The number of anilines is 1. The van der Waals surface area contributed by atoms with Crippen molar-refractivity contribution in [2.24, 2.45) is 23.7 Å². The van der Waals surface area contributed by atoms with Crippen molar-refractivity contribution in [1.29, 1.82) is 0 Å². The van der Waals surface area contributed by atoms with Crippen molar-refractivity contribution in [2.45, 2.75) is 25.0 Å². The number of nitrogens with zero attached hydrogens (tertiary/aromatic N) is 1. The van der Waals surface area contributed by atoms with Crippen molar-refractivity contribution in [2.75, 3.05) is 11.4 Å². The van der Waals surface area contributed by atoms with E-state index in [0.717, 1.165) is 18.2 Å². The third-order valence-corrected chi connectivity index (χ3v) is 5.79. The second kappa shape index (κ2) is 3.40. The second-order valence-electron chi connectivity index (χ2n) is 6.44. The highest BCUT2D eigenvalue weighted by Gasteiger charge is 2.67. The Morgan fingerprint density at radius 2 is 1.74 bits per heavy atom. The number of rotatable bonds is 1. The van der Waals surface area contributed by atoms with Gasteiger partial charge < -0.3 is 9.64 Å². The number of fused-ring (bicyclic) bond motifs is 8. The Morgan fingerprint density at radius 3 is 2.47 bits per heavy atom. The average Bonchev–Trinajstić information content (AvgIpc) is 2.97. The van der Waals surface area contributed by atoms with Crippen molar-refractivity contribution >= 4 is 11.6 Å². The molecule has 0 aromatic heterocycles. The van der Waals surface area contributed by atoms with Crippen molar-refractivity contribution in [3.8, 4) is 0 Å². The van der Waals surface area contributed by atoms with Crippen LogP contribution in [0.5, 0.6) is 0 Å². The maximum absolute atomic E-state index is 12.7. The number of ether oxygens (including phenoxy) is 1. The number of hydrogen-bond acceptors (Lipinski definition) is 2. The zero-order valence-corrected chi connectivity index (χ0v) is 10.7. The summed E-state index contributed by atoms with van der Waals surface area (Å²) >= 11 is 0. The van der Waals surface area contributed by atoms with E-state index >= 15 is 0 Å². The fourth-order valence-corrected chi connectivity index (χ4v) is 4.83. The van der Waals surface area contributed by atoms with Crippen molar-refractivity contribution < 1.29 is 9.53 Å². The quantitative estimate of drug-likeness (QED) is 0.769. The zero-order valence-electron chi connectivity index (χ0n) is 10.7. The van der Waals surface area contributed by atoms with Crippen LogP contribution in [0.3, 0.4) is 0 Å². The minimum Gasteiger partial charge on any atom is -0.373 e. The number of hydrogen-bond donors (Lipinski definition) is 0.